The van der Waals surface area contributed by atoms with E-state index in [2.05, 4.69) is 41.0 Å². The monoisotopic (exact) mass is 555 g/mol. The van der Waals surface area contributed by atoms with Crippen molar-refractivity contribution >= 4 is 29.0 Å². The number of carbonyl (C=O) groups is 2. The molecule has 1 aliphatic rings. The van der Waals surface area contributed by atoms with E-state index in [1.54, 1.807) is 23.0 Å². The van der Waals surface area contributed by atoms with Crippen LogP contribution in [0, 0.1) is 0 Å². The summed E-state index contributed by atoms with van der Waals surface area (Å²) >= 11 is 0. The molecule has 1 fully saturated rings. The van der Waals surface area contributed by atoms with Gasteiger partial charge in [-0.1, -0.05) is 23.4 Å². The molecule has 1 aliphatic heterocycles. The molecule has 0 aliphatic carbocycles. The number of aromatic nitrogens is 7. The number of anilines is 1. The second-order valence-corrected chi connectivity index (χ2v) is 10.7. The van der Waals surface area contributed by atoms with Crippen LogP contribution in [-0.2, 0) is 9.53 Å². The van der Waals surface area contributed by atoms with Gasteiger partial charge in [0, 0.05) is 17.1 Å². The van der Waals surface area contributed by atoms with Crippen LogP contribution in [0.15, 0.2) is 67.1 Å². The molecule has 0 unspecified atom stereocenters. The highest BCUT2D eigenvalue weighted by Gasteiger charge is 2.17. The van der Waals surface area contributed by atoms with E-state index < -0.39 is 0 Å². The van der Waals surface area contributed by atoms with Crippen molar-refractivity contribution < 1.29 is 14.3 Å². The van der Waals surface area contributed by atoms with Crippen LogP contribution >= 0.6 is 0 Å². The number of fused-ring (bicyclic) bond motifs is 1. The number of piperidine rings is 1. The van der Waals surface area contributed by atoms with E-state index in [0.717, 1.165) is 48.2 Å². The SMILES string of the molecule is CC(C)(C)OC=O.O=C(Nc1cnn(C2CCNCC2)c1)c1ccc(-n2cc(-c3n[nH]c4ccccc34)nn2)cc1. The topological polar surface area (TPSA) is 145 Å². The van der Waals surface area contributed by atoms with Crippen molar-refractivity contribution in [3.05, 3.63) is 72.7 Å². The number of hydrogen-bond acceptors (Lipinski definition) is 8. The van der Waals surface area contributed by atoms with Gasteiger partial charge >= 0.3 is 0 Å². The van der Waals surface area contributed by atoms with Crippen molar-refractivity contribution in [3.63, 3.8) is 0 Å². The molecule has 3 N–H and O–H groups in total. The van der Waals surface area contributed by atoms with Crippen LogP contribution in [0.3, 0.4) is 0 Å². The first-order valence-corrected chi connectivity index (χ1v) is 13.4. The van der Waals surface area contributed by atoms with Gasteiger partial charge in [0.1, 0.15) is 17.0 Å². The van der Waals surface area contributed by atoms with Crippen LogP contribution in [0.2, 0.25) is 0 Å². The normalized spacial score (nSPS) is 13.8. The van der Waals surface area contributed by atoms with Gasteiger partial charge < -0.3 is 15.4 Å². The van der Waals surface area contributed by atoms with Crippen LogP contribution < -0.4 is 10.6 Å². The van der Waals surface area contributed by atoms with Crippen LogP contribution in [0.25, 0.3) is 28.0 Å². The van der Waals surface area contributed by atoms with Crippen LogP contribution in [0.5, 0.6) is 0 Å². The van der Waals surface area contributed by atoms with Gasteiger partial charge in [0.2, 0.25) is 0 Å². The van der Waals surface area contributed by atoms with Crippen LogP contribution in [-0.4, -0.2) is 66.0 Å². The average Bonchev–Trinajstić information content (AvgIpc) is 3.73. The standard InChI is InChI=1S/C24H23N9O.C5H10O2/c34-24(27-17-13-26-32(14-17)19-9-11-25-12-10-19)16-5-7-18(8-6-16)33-15-22(29-31-33)23-20-3-1-2-4-21(20)28-30-23;1-5(2,3)7-4-6/h1-8,13-15,19,25H,9-12H2,(H,27,34)(H,28,30);4H,1-3H3. The molecule has 0 radical (unpaired) electrons. The fourth-order valence-corrected chi connectivity index (χ4v) is 4.44. The van der Waals surface area contributed by atoms with E-state index in [4.69, 9.17) is 0 Å². The predicted octanol–water partition coefficient (Wildman–Crippen LogP) is 4.14. The summed E-state index contributed by atoms with van der Waals surface area (Å²) in [5, 5.41) is 27.6. The number of aromatic amines is 1. The molecule has 5 aromatic rings. The number of hydrogen-bond donors (Lipinski definition) is 3. The van der Waals surface area contributed by atoms with Crippen molar-refractivity contribution in [2.75, 3.05) is 18.4 Å². The molecule has 3 aromatic heterocycles. The number of carbonyl (C=O) groups excluding carboxylic acids is 2. The summed E-state index contributed by atoms with van der Waals surface area (Å²) in [6, 6.07) is 15.5. The summed E-state index contributed by atoms with van der Waals surface area (Å²) in [6.45, 7) is 7.90. The van der Waals surface area contributed by atoms with Gasteiger partial charge in [-0.2, -0.15) is 10.2 Å². The second-order valence-electron chi connectivity index (χ2n) is 10.7. The zero-order chi connectivity index (χ0) is 28.8. The quantitative estimate of drug-likeness (QED) is 0.265. The number of nitrogens with zero attached hydrogens (tertiary/aromatic N) is 6. The van der Waals surface area contributed by atoms with E-state index in [1.807, 2.05) is 74.2 Å². The van der Waals surface area contributed by atoms with Crippen molar-refractivity contribution in [3.8, 4) is 17.1 Å². The first-order chi connectivity index (χ1) is 19.8. The summed E-state index contributed by atoms with van der Waals surface area (Å²) in [7, 11) is 0. The Labute approximate surface area is 237 Å². The average molecular weight is 556 g/mol. The number of nitrogens with one attached hydrogen (secondary N) is 3. The third-order valence-corrected chi connectivity index (χ3v) is 6.54. The molecule has 1 amide bonds. The molecular weight excluding hydrogens is 522 g/mol. The molecule has 4 heterocycles. The lowest BCUT2D eigenvalue weighted by Gasteiger charge is -2.22. The van der Waals surface area contributed by atoms with Gasteiger partial charge in [0.25, 0.3) is 12.4 Å². The van der Waals surface area contributed by atoms with Gasteiger partial charge in [-0.25, -0.2) is 4.68 Å². The highest BCUT2D eigenvalue weighted by Crippen LogP contribution is 2.25. The van der Waals surface area contributed by atoms with Crippen molar-refractivity contribution in [1.82, 2.24) is 40.3 Å². The molecule has 212 valence electrons. The molecule has 41 heavy (non-hydrogen) atoms. The van der Waals surface area contributed by atoms with Gasteiger partial charge in [0.05, 0.1) is 35.3 Å². The van der Waals surface area contributed by atoms with E-state index >= 15 is 0 Å². The van der Waals surface area contributed by atoms with E-state index in [0.29, 0.717) is 29.5 Å². The summed E-state index contributed by atoms with van der Waals surface area (Å²) in [5.41, 5.74) is 4.10. The molecule has 12 nitrogen and oxygen atoms in total. The highest BCUT2D eigenvalue weighted by molar-refractivity contribution is 6.04. The van der Waals surface area contributed by atoms with Crippen molar-refractivity contribution in [2.45, 2.75) is 45.3 Å². The van der Waals surface area contributed by atoms with Gasteiger partial charge in [-0.05, 0) is 77.0 Å². The lowest BCUT2D eigenvalue weighted by Crippen LogP contribution is -2.29. The minimum absolute atomic E-state index is 0.182. The van der Waals surface area contributed by atoms with Gasteiger partial charge in [-0.15, -0.1) is 5.10 Å². The second kappa shape index (κ2) is 12.1. The fraction of sp³-hybridized carbons (Fsp3) is 0.310. The molecule has 12 heteroatoms. The molecule has 0 saturated carbocycles. The van der Waals surface area contributed by atoms with E-state index in [9.17, 15) is 9.59 Å². The number of amides is 1. The zero-order valence-corrected chi connectivity index (χ0v) is 23.2. The summed E-state index contributed by atoms with van der Waals surface area (Å²) in [5.74, 6) is -0.182. The first kappa shape index (κ1) is 27.7. The Morgan fingerprint density at radius 1 is 1.07 bits per heavy atom. The molecule has 1 saturated heterocycles. The first-order valence-electron chi connectivity index (χ1n) is 13.4. The Hall–Kier alpha value is -4.84. The third kappa shape index (κ3) is 6.84. The van der Waals surface area contributed by atoms with Gasteiger partial charge in [-0.3, -0.25) is 19.4 Å². The Morgan fingerprint density at radius 3 is 2.54 bits per heavy atom. The molecular formula is C29H33N9O3. The lowest BCUT2D eigenvalue weighted by atomic mass is 10.1. The number of benzene rings is 2. The summed E-state index contributed by atoms with van der Waals surface area (Å²) in [6.07, 6.45) is 7.50. The highest BCUT2D eigenvalue weighted by atomic mass is 16.5. The third-order valence-electron chi connectivity index (χ3n) is 6.54. The zero-order valence-electron chi connectivity index (χ0n) is 23.2. The van der Waals surface area contributed by atoms with Crippen molar-refractivity contribution in [2.24, 2.45) is 0 Å². The number of rotatable bonds is 6. The number of H-pyrrole nitrogens is 1. The maximum atomic E-state index is 12.7. The van der Waals surface area contributed by atoms with Gasteiger partial charge in [0.15, 0.2) is 0 Å². The molecule has 0 bridgehead atoms. The smallest absolute Gasteiger partial charge is 0.293 e. The Kier molecular flexibility index (Phi) is 8.20. The Bertz CT molecular complexity index is 1610. The number of ether oxygens (including phenoxy) is 1. The van der Waals surface area contributed by atoms with Crippen molar-refractivity contribution in [1.29, 1.82) is 0 Å². The predicted molar refractivity (Wildman–Crippen MR) is 155 cm³/mol. The minimum Gasteiger partial charge on any atom is -0.462 e. The maximum Gasteiger partial charge on any atom is 0.293 e. The Balaban J connectivity index is 0.000000431. The lowest BCUT2D eigenvalue weighted by molar-refractivity contribution is -0.138. The fourth-order valence-electron chi connectivity index (χ4n) is 4.44. The number of para-hydroxylation sites is 1. The van der Waals surface area contributed by atoms with E-state index in [1.165, 1.54) is 0 Å². The summed E-state index contributed by atoms with van der Waals surface area (Å²) in [4.78, 5) is 22.3. The summed E-state index contributed by atoms with van der Waals surface area (Å²) < 4.78 is 8.17. The van der Waals surface area contributed by atoms with E-state index in [-0.39, 0.29) is 11.5 Å². The van der Waals surface area contributed by atoms with Crippen LogP contribution in [0.1, 0.15) is 50.0 Å². The maximum absolute atomic E-state index is 12.7. The molecule has 6 rings (SSSR count). The minimum atomic E-state index is -0.318. The van der Waals surface area contributed by atoms with Crippen LogP contribution in [0.4, 0.5) is 5.69 Å². The largest absolute Gasteiger partial charge is 0.462 e. The molecule has 0 atom stereocenters. The molecule has 2 aromatic carbocycles. The Morgan fingerprint density at radius 2 is 1.83 bits per heavy atom. The molecule has 0 spiro atoms.